The normalized spacial score (nSPS) is 17.4. The van der Waals surface area contributed by atoms with E-state index in [2.05, 4.69) is 9.88 Å². The first-order chi connectivity index (χ1) is 9.95. The lowest BCUT2D eigenvalue weighted by molar-refractivity contribution is -0.901. The van der Waals surface area contributed by atoms with E-state index < -0.39 is 10.0 Å². The molecule has 118 valence electrons. The molecule has 1 saturated heterocycles. The summed E-state index contributed by atoms with van der Waals surface area (Å²) in [6.07, 6.45) is 1.54. The highest BCUT2D eigenvalue weighted by Crippen LogP contribution is 2.13. The van der Waals surface area contributed by atoms with Crippen molar-refractivity contribution in [3.05, 3.63) is 18.3 Å². The highest BCUT2D eigenvalue weighted by atomic mass is 32.2. The Morgan fingerprint density at radius 3 is 2.48 bits per heavy atom. The Hall–Kier alpha value is -1.22. The van der Waals surface area contributed by atoms with Crippen LogP contribution in [0, 0.1) is 0 Å². The highest BCUT2D eigenvalue weighted by molar-refractivity contribution is 7.89. The van der Waals surface area contributed by atoms with Gasteiger partial charge in [-0.2, -0.15) is 0 Å². The van der Waals surface area contributed by atoms with Crippen LogP contribution in [0.5, 0.6) is 0 Å². The maximum Gasteiger partial charge on any atom is 0.274 e. The molecule has 0 amide bonds. The summed E-state index contributed by atoms with van der Waals surface area (Å²) in [5.74, 6) is 0.927. The number of aliphatic hydroxyl groups is 1. The predicted octanol–water partition coefficient (Wildman–Crippen LogP) is -2.55. The molecular weight excluding hydrogens is 292 g/mol. The molecule has 1 fully saturated rings. The lowest BCUT2D eigenvalue weighted by Gasteiger charge is -2.27. The van der Waals surface area contributed by atoms with Crippen LogP contribution < -0.4 is 14.8 Å². The van der Waals surface area contributed by atoms with Crippen LogP contribution in [-0.4, -0.2) is 71.3 Å². The lowest BCUT2D eigenvalue weighted by atomic mass is 10.3. The molecule has 21 heavy (non-hydrogen) atoms. The Kier molecular flexibility index (Phi) is 5.15. The van der Waals surface area contributed by atoms with Gasteiger partial charge in [0.15, 0.2) is 0 Å². The number of aromatic amines is 1. The van der Waals surface area contributed by atoms with E-state index in [9.17, 15) is 8.42 Å². The van der Waals surface area contributed by atoms with Crippen LogP contribution in [0.15, 0.2) is 23.2 Å². The number of H-pyrrole nitrogens is 1. The second-order valence-corrected chi connectivity index (χ2v) is 7.56. The third kappa shape index (κ3) is 3.70. The standard InChI is InChI=1S/C13H22N4O3S/c1-15(2)21(19,20)12-3-4-13(14-11-12)17-7-5-16(6-8-17)9-10-18/h3-4,11,18H,5-10H2,1-2H3/p+2. The third-order valence-corrected chi connectivity index (χ3v) is 5.63. The minimum Gasteiger partial charge on any atom is -0.391 e. The zero-order valence-corrected chi connectivity index (χ0v) is 13.4. The molecule has 0 spiro atoms. The van der Waals surface area contributed by atoms with E-state index in [4.69, 9.17) is 5.11 Å². The average Bonchev–Trinajstić information content (AvgIpc) is 2.48. The van der Waals surface area contributed by atoms with E-state index >= 15 is 0 Å². The summed E-state index contributed by atoms with van der Waals surface area (Å²) in [7, 11) is -0.348. The summed E-state index contributed by atoms with van der Waals surface area (Å²) in [4.78, 5) is 6.95. The Balaban J connectivity index is 2.04. The van der Waals surface area contributed by atoms with Gasteiger partial charge in [-0.05, 0) is 6.07 Å². The number of anilines is 1. The number of hydrogen-bond donors (Lipinski definition) is 2. The number of sulfonamides is 1. The quantitative estimate of drug-likeness (QED) is 0.627. The van der Waals surface area contributed by atoms with Gasteiger partial charge in [-0.15, -0.1) is 0 Å². The molecule has 0 atom stereocenters. The average molecular weight is 316 g/mol. The van der Waals surface area contributed by atoms with Crippen LogP contribution >= 0.6 is 0 Å². The van der Waals surface area contributed by atoms with E-state index in [0.717, 1.165) is 38.5 Å². The summed E-state index contributed by atoms with van der Waals surface area (Å²) in [6, 6.07) is 3.45. The molecule has 0 saturated carbocycles. The zero-order valence-electron chi connectivity index (χ0n) is 12.5. The van der Waals surface area contributed by atoms with Gasteiger partial charge in [-0.25, -0.2) is 17.7 Å². The van der Waals surface area contributed by atoms with Crippen LogP contribution in [0.4, 0.5) is 5.82 Å². The van der Waals surface area contributed by atoms with Crippen molar-refractivity contribution >= 4 is 15.8 Å². The van der Waals surface area contributed by atoms with Gasteiger partial charge in [0, 0.05) is 20.2 Å². The number of rotatable bonds is 5. The van der Waals surface area contributed by atoms with Crippen molar-refractivity contribution in [1.82, 2.24) is 4.31 Å². The van der Waals surface area contributed by atoms with E-state index in [-0.39, 0.29) is 11.5 Å². The number of pyridine rings is 1. The molecule has 0 aliphatic carbocycles. The van der Waals surface area contributed by atoms with Crippen LogP contribution in [0.2, 0.25) is 0 Å². The summed E-state index contributed by atoms with van der Waals surface area (Å²) in [5.41, 5.74) is 0. The SMILES string of the molecule is CN(C)S(=O)(=O)c1ccc(N2CC[NH+](CCO)CC2)[nH+]c1. The van der Waals surface area contributed by atoms with E-state index in [1.165, 1.54) is 29.5 Å². The first kappa shape index (κ1) is 16.2. The maximum atomic E-state index is 12.0. The molecule has 0 bridgehead atoms. The Bertz CT molecular complexity index is 551. The third-order valence-electron chi connectivity index (χ3n) is 3.82. The van der Waals surface area contributed by atoms with Crippen molar-refractivity contribution in [2.45, 2.75) is 4.90 Å². The highest BCUT2D eigenvalue weighted by Gasteiger charge is 2.26. The van der Waals surface area contributed by atoms with Crippen LogP contribution in [0.25, 0.3) is 0 Å². The summed E-state index contributed by atoms with van der Waals surface area (Å²) in [5, 5.41) is 8.95. The monoisotopic (exact) mass is 316 g/mol. The second kappa shape index (κ2) is 6.69. The molecule has 1 aromatic heterocycles. The number of quaternary nitrogens is 1. The fourth-order valence-corrected chi connectivity index (χ4v) is 3.31. The van der Waals surface area contributed by atoms with Crippen molar-refractivity contribution in [3.63, 3.8) is 0 Å². The Labute approximate surface area is 125 Å². The Morgan fingerprint density at radius 2 is 2.00 bits per heavy atom. The van der Waals surface area contributed by atoms with E-state index in [1.54, 1.807) is 6.07 Å². The number of aliphatic hydroxyl groups excluding tert-OH is 1. The smallest absolute Gasteiger partial charge is 0.274 e. The van der Waals surface area contributed by atoms with Crippen LogP contribution in [-0.2, 0) is 10.0 Å². The molecule has 0 radical (unpaired) electrons. The molecule has 1 aliphatic heterocycles. The molecule has 3 N–H and O–H groups in total. The molecule has 2 rings (SSSR count). The van der Waals surface area contributed by atoms with Gasteiger partial charge in [-0.3, -0.25) is 4.90 Å². The minimum absolute atomic E-state index is 0.221. The van der Waals surface area contributed by atoms with Crippen molar-refractivity contribution in [2.24, 2.45) is 0 Å². The maximum absolute atomic E-state index is 12.0. The summed E-state index contributed by atoms with van der Waals surface area (Å²) >= 11 is 0. The fourth-order valence-electron chi connectivity index (χ4n) is 2.44. The van der Waals surface area contributed by atoms with Gasteiger partial charge in [0.05, 0.1) is 6.61 Å². The minimum atomic E-state index is -3.39. The second-order valence-electron chi connectivity index (χ2n) is 5.41. The topological polar surface area (TPSA) is 79.4 Å². The van der Waals surface area contributed by atoms with Gasteiger partial charge in [0.2, 0.25) is 10.0 Å². The molecule has 1 aliphatic rings. The van der Waals surface area contributed by atoms with Gasteiger partial charge in [0.25, 0.3) is 5.82 Å². The molecular formula is C13H24N4O3S+2. The first-order valence-electron chi connectivity index (χ1n) is 7.09. The number of nitrogens with zero attached hydrogens (tertiary/aromatic N) is 2. The van der Waals surface area contributed by atoms with Gasteiger partial charge in [-0.1, -0.05) is 0 Å². The van der Waals surface area contributed by atoms with Crippen LogP contribution in [0.3, 0.4) is 0 Å². The summed E-state index contributed by atoms with van der Waals surface area (Å²) in [6.45, 7) is 4.76. The molecule has 2 heterocycles. The van der Waals surface area contributed by atoms with Crippen molar-refractivity contribution in [1.29, 1.82) is 0 Å². The van der Waals surface area contributed by atoms with Gasteiger partial charge >= 0.3 is 0 Å². The number of piperazine rings is 1. The van der Waals surface area contributed by atoms with E-state index in [0.29, 0.717) is 0 Å². The Morgan fingerprint density at radius 1 is 1.33 bits per heavy atom. The first-order valence-corrected chi connectivity index (χ1v) is 8.53. The van der Waals surface area contributed by atoms with Gasteiger partial charge < -0.3 is 10.0 Å². The van der Waals surface area contributed by atoms with Crippen molar-refractivity contribution < 1.29 is 23.4 Å². The van der Waals surface area contributed by atoms with Crippen LogP contribution in [0.1, 0.15) is 0 Å². The lowest BCUT2D eigenvalue weighted by Crippen LogP contribution is -3.15. The number of hydrogen-bond acceptors (Lipinski definition) is 4. The number of nitrogens with one attached hydrogen (secondary N) is 2. The molecule has 7 nitrogen and oxygen atoms in total. The zero-order chi connectivity index (χ0) is 15.5. The predicted molar refractivity (Wildman–Crippen MR) is 78.7 cm³/mol. The molecule has 0 unspecified atom stereocenters. The van der Waals surface area contributed by atoms with Crippen molar-refractivity contribution in [3.8, 4) is 0 Å². The largest absolute Gasteiger partial charge is 0.391 e. The van der Waals surface area contributed by atoms with Crippen molar-refractivity contribution in [2.75, 3.05) is 58.3 Å². The molecule has 8 heteroatoms. The van der Waals surface area contributed by atoms with Gasteiger partial charge in [0.1, 0.15) is 43.8 Å². The van der Waals surface area contributed by atoms with E-state index in [1.807, 2.05) is 6.07 Å². The molecule has 1 aromatic rings. The fraction of sp³-hybridized carbons (Fsp3) is 0.615. The molecule has 0 aromatic carbocycles. The number of aromatic nitrogens is 1. The summed E-state index contributed by atoms with van der Waals surface area (Å²) < 4.78 is 25.2.